The van der Waals surface area contributed by atoms with Gasteiger partial charge in [-0.2, -0.15) is 0 Å². The quantitative estimate of drug-likeness (QED) is 0.906. The number of fused-ring (bicyclic) bond motifs is 2. The van der Waals surface area contributed by atoms with Gasteiger partial charge in [0, 0.05) is 30.4 Å². The number of anilines is 1. The van der Waals surface area contributed by atoms with Crippen molar-refractivity contribution in [1.29, 1.82) is 0 Å². The number of hydrogen-bond donors (Lipinski definition) is 1. The second kappa shape index (κ2) is 5.08. The van der Waals surface area contributed by atoms with Crippen LogP contribution in [0.4, 0.5) is 5.82 Å². The van der Waals surface area contributed by atoms with Gasteiger partial charge >= 0.3 is 0 Å². The number of nitrogens with one attached hydrogen (secondary N) is 1. The molecule has 0 spiro atoms. The number of aromatic nitrogens is 2. The Kier molecular flexibility index (Phi) is 3.44. The van der Waals surface area contributed by atoms with Crippen molar-refractivity contribution < 1.29 is 0 Å². The minimum absolute atomic E-state index is 0.796. The predicted octanol–water partition coefficient (Wildman–Crippen LogP) is 2.38. The summed E-state index contributed by atoms with van der Waals surface area (Å²) in [5.74, 6) is 2.63. The van der Waals surface area contributed by atoms with Crippen molar-refractivity contribution in [2.75, 3.05) is 18.9 Å². The molecule has 0 amide bonds. The second-order valence-corrected chi connectivity index (χ2v) is 6.21. The van der Waals surface area contributed by atoms with Gasteiger partial charge in [-0.1, -0.05) is 0 Å². The summed E-state index contributed by atoms with van der Waals surface area (Å²) in [6, 6.07) is 3.68. The fourth-order valence-corrected chi connectivity index (χ4v) is 3.75. The van der Waals surface area contributed by atoms with Crippen LogP contribution in [0.15, 0.2) is 6.07 Å². The van der Waals surface area contributed by atoms with Gasteiger partial charge in [-0.05, 0) is 52.5 Å². The molecule has 4 heteroatoms. The van der Waals surface area contributed by atoms with Gasteiger partial charge in [0.2, 0.25) is 0 Å². The number of aryl methyl sites for hydroxylation is 2. The molecule has 2 bridgehead atoms. The summed E-state index contributed by atoms with van der Waals surface area (Å²) in [6.07, 6.45) is 5.46. The van der Waals surface area contributed by atoms with E-state index in [-0.39, 0.29) is 0 Å². The first-order valence-corrected chi connectivity index (χ1v) is 7.40. The van der Waals surface area contributed by atoms with Crippen LogP contribution in [0.2, 0.25) is 0 Å². The van der Waals surface area contributed by atoms with Crippen molar-refractivity contribution in [3.05, 3.63) is 17.6 Å². The van der Waals surface area contributed by atoms with Crippen LogP contribution in [0.3, 0.4) is 0 Å². The topological polar surface area (TPSA) is 41.0 Å². The lowest BCUT2D eigenvalue weighted by molar-refractivity contribution is 0.139. The average molecular weight is 260 g/mol. The molecule has 4 nitrogen and oxygen atoms in total. The highest BCUT2D eigenvalue weighted by molar-refractivity contribution is 5.35. The predicted molar refractivity (Wildman–Crippen MR) is 77.3 cm³/mol. The Labute approximate surface area is 115 Å². The molecule has 0 saturated carbocycles. The van der Waals surface area contributed by atoms with Crippen LogP contribution in [-0.2, 0) is 0 Å². The van der Waals surface area contributed by atoms with Gasteiger partial charge in [-0.3, -0.25) is 0 Å². The third-order valence-corrected chi connectivity index (χ3v) is 4.73. The summed E-state index contributed by atoms with van der Waals surface area (Å²) in [7, 11) is 2.29. The highest BCUT2D eigenvalue weighted by atomic mass is 15.2. The molecule has 1 aromatic rings. The van der Waals surface area contributed by atoms with Crippen molar-refractivity contribution in [3.8, 4) is 0 Å². The molecule has 0 radical (unpaired) electrons. The van der Waals surface area contributed by atoms with Crippen LogP contribution in [0, 0.1) is 19.8 Å². The standard InChI is InChI=1S/C15H24N4/c1-10-6-15(18-11(2)17-10)16-9-12-7-13-4-5-14(8-12)19(13)3/h6,12-14H,4-5,7-9H2,1-3H3,(H,16,17,18). The van der Waals surface area contributed by atoms with Crippen molar-refractivity contribution in [1.82, 2.24) is 14.9 Å². The molecule has 19 heavy (non-hydrogen) atoms. The van der Waals surface area contributed by atoms with E-state index in [4.69, 9.17) is 0 Å². The van der Waals surface area contributed by atoms with Crippen LogP contribution in [0.25, 0.3) is 0 Å². The maximum atomic E-state index is 4.45. The summed E-state index contributed by atoms with van der Waals surface area (Å²) in [6.45, 7) is 5.03. The van der Waals surface area contributed by atoms with E-state index in [9.17, 15) is 0 Å². The highest BCUT2D eigenvalue weighted by Crippen LogP contribution is 2.37. The van der Waals surface area contributed by atoms with Crippen LogP contribution in [0.5, 0.6) is 0 Å². The van der Waals surface area contributed by atoms with E-state index in [1.165, 1.54) is 25.7 Å². The van der Waals surface area contributed by atoms with Gasteiger partial charge in [-0.15, -0.1) is 0 Å². The molecule has 1 N–H and O–H groups in total. The van der Waals surface area contributed by atoms with Crippen LogP contribution >= 0.6 is 0 Å². The summed E-state index contributed by atoms with van der Waals surface area (Å²) in [4.78, 5) is 11.4. The summed E-state index contributed by atoms with van der Waals surface area (Å²) >= 11 is 0. The summed E-state index contributed by atoms with van der Waals surface area (Å²) in [5.41, 5.74) is 1.04. The zero-order chi connectivity index (χ0) is 13.4. The number of piperidine rings is 1. The van der Waals surface area contributed by atoms with Gasteiger partial charge in [0.05, 0.1) is 0 Å². The maximum Gasteiger partial charge on any atom is 0.129 e. The van der Waals surface area contributed by atoms with Crippen molar-refractivity contribution >= 4 is 5.82 Å². The molecule has 2 atom stereocenters. The van der Waals surface area contributed by atoms with E-state index in [1.807, 2.05) is 19.9 Å². The molecular formula is C15H24N4. The van der Waals surface area contributed by atoms with Crippen LogP contribution in [-0.4, -0.2) is 40.5 Å². The molecule has 104 valence electrons. The Hall–Kier alpha value is -1.16. The first kappa shape index (κ1) is 12.9. The van der Waals surface area contributed by atoms with E-state index in [0.717, 1.165) is 41.9 Å². The minimum atomic E-state index is 0.796. The molecule has 3 rings (SSSR count). The van der Waals surface area contributed by atoms with Gasteiger partial charge in [0.15, 0.2) is 0 Å². The van der Waals surface area contributed by atoms with Gasteiger partial charge in [-0.25, -0.2) is 9.97 Å². The Morgan fingerprint density at radius 2 is 1.89 bits per heavy atom. The SMILES string of the molecule is Cc1cc(NCC2CC3CCC(C2)N3C)nc(C)n1. The van der Waals surface area contributed by atoms with E-state index >= 15 is 0 Å². The number of hydrogen-bond acceptors (Lipinski definition) is 4. The van der Waals surface area contributed by atoms with E-state index in [1.54, 1.807) is 0 Å². The third-order valence-electron chi connectivity index (χ3n) is 4.73. The van der Waals surface area contributed by atoms with Crippen LogP contribution < -0.4 is 5.32 Å². The van der Waals surface area contributed by atoms with Gasteiger partial charge in [0.1, 0.15) is 11.6 Å². The normalized spacial score (nSPS) is 30.6. The first-order valence-electron chi connectivity index (χ1n) is 7.40. The van der Waals surface area contributed by atoms with Crippen LogP contribution in [0.1, 0.15) is 37.2 Å². The lowest BCUT2D eigenvalue weighted by Gasteiger charge is -2.36. The number of rotatable bonds is 3. The molecule has 2 unspecified atom stereocenters. The molecule has 3 heterocycles. The molecule has 2 saturated heterocycles. The molecular weight excluding hydrogens is 236 g/mol. The van der Waals surface area contributed by atoms with E-state index < -0.39 is 0 Å². The Morgan fingerprint density at radius 3 is 2.53 bits per heavy atom. The minimum Gasteiger partial charge on any atom is -0.370 e. The zero-order valence-electron chi connectivity index (χ0n) is 12.2. The van der Waals surface area contributed by atoms with E-state index in [2.05, 4.69) is 27.2 Å². The molecule has 0 aliphatic carbocycles. The smallest absolute Gasteiger partial charge is 0.129 e. The fraction of sp³-hybridized carbons (Fsp3) is 0.733. The number of nitrogens with zero attached hydrogens (tertiary/aromatic N) is 3. The largest absolute Gasteiger partial charge is 0.370 e. The highest BCUT2D eigenvalue weighted by Gasteiger charge is 2.38. The Morgan fingerprint density at radius 1 is 1.21 bits per heavy atom. The average Bonchev–Trinajstić information content (AvgIpc) is 2.60. The van der Waals surface area contributed by atoms with Crippen molar-refractivity contribution in [2.24, 2.45) is 5.92 Å². The lowest BCUT2D eigenvalue weighted by atomic mass is 9.91. The second-order valence-electron chi connectivity index (χ2n) is 6.21. The maximum absolute atomic E-state index is 4.45. The summed E-state index contributed by atoms with van der Waals surface area (Å²) < 4.78 is 0. The third kappa shape index (κ3) is 2.73. The summed E-state index contributed by atoms with van der Waals surface area (Å²) in [5, 5.41) is 3.51. The van der Waals surface area contributed by atoms with Gasteiger partial charge in [0.25, 0.3) is 0 Å². The Bertz CT molecular complexity index is 425. The van der Waals surface area contributed by atoms with Crippen molar-refractivity contribution in [2.45, 2.75) is 51.6 Å². The molecule has 2 fully saturated rings. The molecule has 1 aromatic heterocycles. The molecule has 0 aromatic carbocycles. The molecule has 2 aliphatic heterocycles. The zero-order valence-corrected chi connectivity index (χ0v) is 12.2. The van der Waals surface area contributed by atoms with Gasteiger partial charge < -0.3 is 10.2 Å². The monoisotopic (exact) mass is 260 g/mol. The van der Waals surface area contributed by atoms with Crippen molar-refractivity contribution in [3.63, 3.8) is 0 Å². The fourth-order valence-electron chi connectivity index (χ4n) is 3.75. The molecule has 2 aliphatic rings. The Balaban J connectivity index is 1.58. The lowest BCUT2D eigenvalue weighted by Crippen LogP contribution is -2.41. The first-order chi connectivity index (χ1) is 9.11. The van der Waals surface area contributed by atoms with E-state index in [0.29, 0.717) is 0 Å².